The van der Waals surface area contributed by atoms with Gasteiger partial charge in [0.25, 0.3) is 5.76 Å². The number of furan rings is 1. The van der Waals surface area contributed by atoms with Crippen molar-refractivity contribution in [2.45, 2.75) is 0 Å². The summed E-state index contributed by atoms with van der Waals surface area (Å²) in [6.45, 7) is 0. The molecule has 0 radical (unpaired) electrons. The maximum Gasteiger partial charge on any atom is 0.377 e. The maximum atomic E-state index is 11.4. The van der Waals surface area contributed by atoms with Crippen LogP contribution in [0.2, 0.25) is 0 Å². The zero-order valence-electron chi connectivity index (χ0n) is 9.64. The van der Waals surface area contributed by atoms with Gasteiger partial charge in [0.15, 0.2) is 5.75 Å². The Morgan fingerprint density at radius 1 is 1.22 bits per heavy atom. The molecule has 4 nitrogen and oxygen atoms in total. The Kier molecular flexibility index (Phi) is 2.23. The monoisotopic (exact) mass is 242 g/mol. The Labute approximate surface area is 102 Å². The zero-order chi connectivity index (χ0) is 12.7. The van der Waals surface area contributed by atoms with Crippen molar-refractivity contribution in [2.24, 2.45) is 0 Å². The van der Waals surface area contributed by atoms with Crippen LogP contribution in [-0.2, 0) is 4.74 Å². The highest BCUT2D eigenvalue weighted by atomic mass is 16.5. The second-order valence-corrected chi connectivity index (χ2v) is 3.97. The minimum absolute atomic E-state index is 0.164. The highest BCUT2D eigenvalue weighted by Gasteiger charge is 2.20. The van der Waals surface area contributed by atoms with Crippen molar-refractivity contribution in [1.29, 1.82) is 0 Å². The van der Waals surface area contributed by atoms with Crippen LogP contribution in [0.1, 0.15) is 10.6 Å². The minimum atomic E-state index is -0.687. The van der Waals surface area contributed by atoms with Crippen LogP contribution in [-0.4, -0.2) is 18.2 Å². The quantitative estimate of drug-likeness (QED) is 0.666. The molecule has 3 rings (SSSR count). The van der Waals surface area contributed by atoms with E-state index in [0.29, 0.717) is 11.0 Å². The number of benzene rings is 2. The number of fused-ring (bicyclic) bond motifs is 2. The second kappa shape index (κ2) is 3.77. The van der Waals surface area contributed by atoms with Gasteiger partial charge in [-0.05, 0) is 22.9 Å². The molecule has 0 saturated carbocycles. The van der Waals surface area contributed by atoms with E-state index in [2.05, 4.69) is 4.74 Å². The number of esters is 1. The van der Waals surface area contributed by atoms with Gasteiger partial charge in [-0.2, -0.15) is 0 Å². The lowest BCUT2D eigenvalue weighted by Crippen LogP contribution is -1.98. The molecule has 0 bridgehead atoms. The van der Waals surface area contributed by atoms with Crippen LogP contribution in [0.3, 0.4) is 0 Å². The summed E-state index contributed by atoms with van der Waals surface area (Å²) in [4.78, 5) is 11.4. The molecule has 0 atom stereocenters. The highest BCUT2D eigenvalue weighted by molar-refractivity contribution is 6.03. The lowest BCUT2D eigenvalue weighted by Gasteiger charge is -1.96. The summed E-state index contributed by atoms with van der Waals surface area (Å²) in [5.74, 6) is -1.03. The number of hydrogen-bond donors (Lipinski definition) is 1. The summed E-state index contributed by atoms with van der Waals surface area (Å²) in [5, 5.41) is 12.4. The van der Waals surface area contributed by atoms with E-state index in [4.69, 9.17) is 4.42 Å². The average Bonchev–Trinajstić information content (AvgIpc) is 2.72. The molecular weight excluding hydrogens is 232 g/mol. The van der Waals surface area contributed by atoms with E-state index >= 15 is 0 Å². The molecule has 0 aliphatic carbocycles. The molecular formula is C14H10O4. The van der Waals surface area contributed by atoms with E-state index in [0.717, 1.165) is 10.8 Å². The Morgan fingerprint density at radius 3 is 2.56 bits per heavy atom. The molecule has 90 valence electrons. The largest absolute Gasteiger partial charge is 0.504 e. The Hall–Kier alpha value is -2.49. The third-order valence-corrected chi connectivity index (χ3v) is 2.90. The van der Waals surface area contributed by atoms with Crippen molar-refractivity contribution in [3.05, 3.63) is 42.2 Å². The molecule has 4 heteroatoms. The van der Waals surface area contributed by atoms with Crippen molar-refractivity contribution >= 4 is 27.7 Å². The molecule has 0 unspecified atom stereocenters. The molecule has 18 heavy (non-hydrogen) atoms. The van der Waals surface area contributed by atoms with Gasteiger partial charge in [-0.25, -0.2) is 4.79 Å². The second-order valence-electron chi connectivity index (χ2n) is 3.97. The van der Waals surface area contributed by atoms with Crippen molar-refractivity contribution in [3.63, 3.8) is 0 Å². The molecule has 3 aromatic rings. The SMILES string of the molecule is COC(=O)c1oc2cc3ccccc3cc2c1O. The molecule has 2 aromatic carbocycles. The van der Waals surface area contributed by atoms with Gasteiger partial charge in [-0.3, -0.25) is 0 Å². The van der Waals surface area contributed by atoms with Crippen LogP contribution in [0.4, 0.5) is 0 Å². The minimum Gasteiger partial charge on any atom is -0.504 e. The number of methoxy groups -OCH3 is 1. The van der Waals surface area contributed by atoms with Crippen LogP contribution in [0.15, 0.2) is 40.8 Å². The van der Waals surface area contributed by atoms with Gasteiger partial charge in [0.05, 0.1) is 12.5 Å². The number of carbonyl (C=O) groups excluding carboxylic acids is 1. The van der Waals surface area contributed by atoms with Crippen molar-refractivity contribution in [3.8, 4) is 5.75 Å². The van der Waals surface area contributed by atoms with Crippen LogP contribution >= 0.6 is 0 Å². The predicted octanol–water partition coefficient (Wildman–Crippen LogP) is 3.08. The Morgan fingerprint density at radius 2 is 1.89 bits per heavy atom. The standard InChI is InChI=1S/C14H10O4/c1-17-14(16)13-12(15)10-6-8-4-2-3-5-9(8)7-11(10)18-13/h2-7,15H,1H3. The summed E-state index contributed by atoms with van der Waals surface area (Å²) in [5.41, 5.74) is 0.464. The molecule has 0 saturated heterocycles. The smallest absolute Gasteiger partial charge is 0.377 e. The van der Waals surface area contributed by atoms with Gasteiger partial charge in [-0.15, -0.1) is 0 Å². The maximum absolute atomic E-state index is 11.4. The number of carbonyl (C=O) groups is 1. The highest BCUT2D eigenvalue weighted by Crippen LogP contribution is 2.35. The van der Waals surface area contributed by atoms with E-state index in [-0.39, 0.29) is 11.5 Å². The fourth-order valence-corrected chi connectivity index (χ4v) is 2.00. The normalized spacial score (nSPS) is 10.9. The van der Waals surface area contributed by atoms with Gasteiger partial charge < -0.3 is 14.3 Å². The van der Waals surface area contributed by atoms with E-state index in [1.807, 2.05) is 24.3 Å². The summed E-state index contributed by atoms with van der Waals surface area (Å²) in [6, 6.07) is 11.3. The van der Waals surface area contributed by atoms with Gasteiger partial charge in [0, 0.05) is 0 Å². The lowest BCUT2D eigenvalue weighted by atomic mass is 10.1. The van der Waals surface area contributed by atoms with E-state index in [1.54, 1.807) is 12.1 Å². The van der Waals surface area contributed by atoms with E-state index in [1.165, 1.54) is 7.11 Å². The van der Waals surface area contributed by atoms with E-state index in [9.17, 15) is 9.90 Å². The third kappa shape index (κ3) is 1.43. The number of aromatic hydroxyl groups is 1. The zero-order valence-corrected chi connectivity index (χ0v) is 9.64. The van der Waals surface area contributed by atoms with Crippen LogP contribution in [0, 0.1) is 0 Å². The lowest BCUT2D eigenvalue weighted by molar-refractivity contribution is 0.0563. The molecule has 0 spiro atoms. The fraction of sp³-hybridized carbons (Fsp3) is 0.0714. The fourth-order valence-electron chi connectivity index (χ4n) is 2.00. The predicted molar refractivity (Wildman–Crippen MR) is 66.7 cm³/mol. The van der Waals surface area contributed by atoms with Gasteiger partial charge in [-0.1, -0.05) is 24.3 Å². The van der Waals surface area contributed by atoms with E-state index < -0.39 is 5.97 Å². The van der Waals surface area contributed by atoms with Crippen molar-refractivity contribution in [1.82, 2.24) is 0 Å². The van der Waals surface area contributed by atoms with Crippen molar-refractivity contribution in [2.75, 3.05) is 7.11 Å². The number of ether oxygens (including phenoxy) is 1. The first kappa shape index (κ1) is 10.7. The molecule has 0 fully saturated rings. The number of rotatable bonds is 1. The third-order valence-electron chi connectivity index (χ3n) is 2.90. The average molecular weight is 242 g/mol. The van der Waals surface area contributed by atoms with Crippen LogP contribution in [0.25, 0.3) is 21.7 Å². The molecule has 1 aromatic heterocycles. The van der Waals surface area contributed by atoms with Gasteiger partial charge in [0.1, 0.15) is 5.58 Å². The summed E-state index contributed by atoms with van der Waals surface area (Å²) in [7, 11) is 1.24. The summed E-state index contributed by atoms with van der Waals surface area (Å²) >= 11 is 0. The first-order valence-electron chi connectivity index (χ1n) is 5.43. The topological polar surface area (TPSA) is 59.7 Å². The summed E-state index contributed by atoms with van der Waals surface area (Å²) < 4.78 is 9.89. The Balaban J connectivity index is 2.36. The first-order valence-corrected chi connectivity index (χ1v) is 5.43. The Bertz CT molecular complexity index is 755. The molecule has 1 heterocycles. The van der Waals surface area contributed by atoms with Crippen LogP contribution < -0.4 is 0 Å². The van der Waals surface area contributed by atoms with Crippen LogP contribution in [0.5, 0.6) is 5.75 Å². The number of hydrogen-bond acceptors (Lipinski definition) is 4. The van der Waals surface area contributed by atoms with Gasteiger partial charge >= 0.3 is 5.97 Å². The molecule has 0 aliphatic heterocycles. The molecule has 0 aliphatic rings. The van der Waals surface area contributed by atoms with Gasteiger partial charge in [0.2, 0.25) is 0 Å². The first-order chi connectivity index (χ1) is 8.70. The van der Waals surface area contributed by atoms with Crippen molar-refractivity contribution < 1.29 is 19.1 Å². The summed E-state index contributed by atoms with van der Waals surface area (Å²) in [6.07, 6.45) is 0. The molecule has 1 N–H and O–H groups in total. The molecule has 0 amide bonds.